The number of nitrogens with two attached hydrogens (primary N) is 1. The first-order chi connectivity index (χ1) is 9.60. The Hall–Kier alpha value is -1.22. The van der Waals surface area contributed by atoms with E-state index in [0.29, 0.717) is 5.92 Å². The highest BCUT2D eigenvalue weighted by Crippen LogP contribution is 2.29. The van der Waals surface area contributed by atoms with Crippen LogP contribution in [-0.2, 0) is 6.42 Å². The molecule has 0 spiro atoms. The van der Waals surface area contributed by atoms with Gasteiger partial charge in [0.1, 0.15) is 0 Å². The van der Waals surface area contributed by atoms with Crippen LogP contribution in [0.1, 0.15) is 45.6 Å². The highest BCUT2D eigenvalue weighted by atomic mass is 16.5. The Labute approximate surface area is 123 Å². The third-order valence-electron chi connectivity index (χ3n) is 3.56. The molecule has 1 rings (SSSR count). The van der Waals surface area contributed by atoms with Crippen molar-refractivity contribution >= 4 is 0 Å². The smallest absolute Gasteiger partial charge is 0.161 e. The molecule has 2 N–H and O–H groups in total. The molecule has 0 radical (unpaired) electrons. The molecule has 0 saturated heterocycles. The van der Waals surface area contributed by atoms with E-state index >= 15 is 0 Å². The maximum Gasteiger partial charge on any atom is 0.161 e. The molecule has 0 aliphatic carbocycles. The van der Waals surface area contributed by atoms with Gasteiger partial charge in [0.15, 0.2) is 11.5 Å². The van der Waals surface area contributed by atoms with Crippen molar-refractivity contribution in [2.24, 2.45) is 11.7 Å². The van der Waals surface area contributed by atoms with Crippen LogP contribution in [0.25, 0.3) is 0 Å². The summed E-state index contributed by atoms with van der Waals surface area (Å²) < 4.78 is 11.3. The van der Waals surface area contributed by atoms with E-state index in [4.69, 9.17) is 15.2 Å². The standard InChI is InChI=1S/C17H29NO2/c1-5-7-13(3)12-20-16-9-8-14(10-15(18)6-2)11-17(16)19-4/h8-9,11,13,15H,5-7,10,12,18H2,1-4H3. The molecule has 0 bridgehead atoms. The first-order valence-corrected chi connectivity index (χ1v) is 7.65. The van der Waals surface area contributed by atoms with Crippen molar-refractivity contribution < 1.29 is 9.47 Å². The predicted molar refractivity (Wildman–Crippen MR) is 84.5 cm³/mol. The summed E-state index contributed by atoms with van der Waals surface area (Å²) in [5, 5.41) is 0. The van der Waals surface area contributed by atoms with Gasteiger partial charge in [-0.15, -0.1) is 0 Å². The normalized spacial score (nSPS) is 13.8. The molecule has 0 amide bonds. The maximum absolute atomic E-state index is 5.99. The number of benzene rings is 1. The molecule has 20 heavy (non-hydrogen) atoms. The van der Waals surface area contributed by atoms with Crippen LogP contribution < -0.4 is 15.2 Å². The second-order valence-corrected chi connectivity index (χ2v) is 5.56. The van der Waals surface area contributed by atoms with Crippen LogP contribution in [0.15, 0.2) is 18.2 Å². The first kappa shape index (κ1) is 16.8. The van der Waals surface area contributed by atoms with Crippen LogP contribution in [0.4, 0.5) is 0 Å². The Morgan fingerprint density at radius 2 is 1.95 bits per heavy atom. The summed E-state index contributed by atoms with van der Waals surface area (Å²) in [5.41, 5.74) is 7.19. The molecule has 0 fully saturated rings. The summed E-state index contributed by atoms with van der Waals surface area (Å²) in [5.74, 6) is 2.19. The fraction of sp³-hybridized carbons (Fsp3) is 0.647. The maximum atomic E-state index is 5.99. The van der Waals surface area contributed by atoms with E-state index < -0.39 is 0 Å². The lowest BCUT2D eigenvalue weighted by Gasteiger charge is -2.16. The van der Waals surface area contributed by atoms with Gasteiger partial charge in [0.05, 0.1) is 13.7 Å². The van der Waals surface area contributed by atoms with Crippen molar-refractivity contribution in [2.45, 2.75) is 52.5 Å². The van der Waals surface area contributed by atoms with Crippen molar-refractivity contribution in [3.8, 4) is 11.5 Å². The molecule has 3 nitrogen and oxygen atoms in total. The Kier molecular flexibility index (Phi) is 7.45. The highest BCUT2D eigenvalue weighted by molar-refractivity contribution is 5.43. The molecule has 2 atom stereocenters. The van der Waals surface area contributed by atoms with Gasteiger partial charge in [0, 0.05) is 6.04 Å². The summed E-state index contributed by atoms with van der Waals surface area (Å²) in [6.45, 7) is 7.25. The molecule has 1 aromatic rings. The van der Waals surface area contributed by atoms with E-state index in [0.717, 1.165) is 30.9 Å². The van der Waals surface area contributed by atoms with Gasteiger partial charge < -0.3 is 15.2 Å². The Bertz CT molecular complexity index is 393. The SMILES string of the molecule is CCCC(C)COc1ccc(CC(N)CC)cc1OC. The molecule has 2 unspecified atom stereocenters. The predicted octanol–water partition coefficient (Wildman–Crippen LogP) is 3.79. The zero-order chi connectivity index (χ0) is 15.0. The summed E-state index contributed by atoms with van der Waals surface area (Å²) in [6, 6.07) is 6.32. The minimum atomic E-state index is 0.205. The molecule has 3 heteroatoms. The summed E-state index contributed by atoms with van der Waals surface area (Å²) >= 11 is 0. The van der Waals surface area contributed by atoms with E-state index in [2.05, 4.69) is 26.8 Å². The summed E-state index contributed by atoms with van der Waals surface area (Å²) in [7, 11) is 1.68. The average molecular weight is 279 g/mol. The number of hydrogen-bond acceptors (Lipinski definition) is 3. The van der Waals surface area contributed by atoms with Gasteiger partial charge in [-0.05, 0) is 42.9 Å². The first-order valence-electron chi connectivity index (χ1n) is 7.65. The molecular formula is C17H29NO2. The van der Waals surface area contributed by atoms with Crippen LogP contribution in [0.5, 0.6) is 11.5 Å². The monoisotopic (exact) mass is 279 g/mol. The minimum Gasteiger partial charge on any atom is -0.493 e. The zero-order valence-electron chi connectivity index (χ0n) is 13.3. The van der Waals surface area contributed by atoms with Crippen molar-refractivity contribution in [1.29, 1.82) is 0 Å². The van der Waals surface area contributed by atoms with Gasteiger partial charge in [-0.1, -0.05) is 33.3 Å². The van der Waals surface area contributed by atoms with Crippen LogP contribution in [0.2, 0.25) is 0 Å². The molecule has 0 saturated carbocycles. The summed E-state index contributed by atoms with van der Waals surface area (Å²) in [4.78, 5) is 0. The van der Waals surface area contributed by atoms with Crippen LogP contribution in [0.3, 0.4) is 0 Å². The van der Waals surface area contributed by atoms with E-state index in [-0.39, 0.29) is 6.04 Å². The molecule has 0 aromatic heterocycles. The van der Waals surface area contributed by atoms with E-state index in [1.54, 1.807) is 7.11 Å². The van der Waals surface area contributed by atoms with E-state index in [1.165, 1.54) is 18.4 Å². The van der Waals surface area contributed by atoms with E-state index in [9.17, 15) is 0 Å². The molecular weight excluding hydrogens is 250 g/mol. The second kappa shape index (κ2) is 8.85. The number of hydrogen-bond donors (Lipinski definition) is 1. The topological polar surface area (TPSA) is 44.5 Å². The number of ether oxygens (including phenoxy) is 2. The van der Waals surface area contributed by atoms with Crippen LogP contribution in [-0.4, -0.2) is 19.8 Å². The highest BCUT2D eigenvalue weighted by Gasteiger charge is 2.09. The third-order valence-corrected chi connectivity index (χ3v) is 3.56. The average Bonchev–Trinajstić information content (AvgIpc) is 2.45. The van der Waals surface area contributed by atoms with Gasteiger partial charge >= 0.3 is 0 Å². The van der Waals surface area contributed by atoms with Crippen molar-refractivity contribution in [3.63, 3.8) is 0 Å². The lowest BCUT2D eigenvalue weighted by Crippen LogP contribution is -2.21. The van der Waals surface area contributed by atoms with Crippen molar-refractivity contribution in [2.75, 3.05) is 13.7 Å². The van der Waals surface area contributed by atoms with Crippen LogP contribution >= 0.6 is 0 Å². The van der Waals surface area contributed by atoms with E-state index in [1.807, 2.05) is 12.1 Å². The molecule has 0 heterocycles. The Balaban J connectivity index is 2.67. The zero-order valence-corrected chi connectivity index (χ0v) is 13.3. The fourth-order valence-electron chi connectivity index (χ4n) is 2.21. The summed E-state index contributed by atoms with van der Waals surface area (Å²) in [6.07, 6.45) is 4.23. The van der Waals surface area contributed by atoms with Crippen LogP contribution in [0, 0.1) is 5.92 Å². The molecule has 0 aliphatic heterocycles. The quantitative estimate of drug-likeness (QED) is 0.748. The van der Waals surface area contributed by atoms with Crippen molar-refractivity contribution in [1.82, 2.24) is 0 Å². The van der Waals surface area contributed by atoms with Gasteiger partial charge in [-0.3, -0.25) is 0 Å². The number of methoxy groups -OCH3 is 1. The largest absolute Gasteiger partial charge is 0.493 e. The third kappa shape index (κ3) is 5.41. The fourth-order valence-corrected chi connectivity index (χ4v) is 2.21. The lowest BCUT2D eigenvalue weighted by molar-refractivity contribution is 0.240. The molecule has 0 aliphatic rings. The Morgan fingerprint density at radius 3 is 2.55 bits per heavy atom. The molecule has 114 valence electrons. The minimum absolute atomic E-state index is 0.205. The van der Waals surface area contributed by atoms with Gasteiger partial charge in [0.2, 0.25) is 0 Å². The number of rotatable bonds is 9. The van der Waals surface area contributed by atoms with Gasteiger partial charge in [-0.25, -0.2) is 0 Å². The molecule has 1 aromatic carbocycles. The van der Waals surface area contributed by atoms with Crippen molar-refractivity contribution in [3.05, 3.63) is 23.8 Å². The second-order valence-electron chi connectivity index (χ2n) is 5.56. The van der Waals surface area contributed by atoms with Gasteiger partial charge in [0.25, 0.3) is 0 Å². The Morgan fingerprint density at radius 1 is 1.20 bits per heavy atom. The lowest BCUT2D eigenvalue weighted by atomic mass is 10.0. The van der Waals surface area contributed by atoms with Gasteiger partial charge in [-0.2, -0.15) is 0 Å².